The molecule has 0 radical (unpaired) electrons. The molecule has 2 aliphatic rings. The lowest BCUT2D eigenvalue weighted by Gasteiger charge is -2.35. The number of hydrazone groups is 1. The Kier molecular flexibility index (Phi) is 7.43. The monoisotopic (exact) mass is 413 g/mol. The molecule has 30 heavy (non-hydrogen) atoms. The lowest BCUT2D eigenvalue weighted by atomic mass is 9.92. The van der Waals surface area contributed by atoms with Gasteiger partial charge in [-0.15, -0.1) is 0 Å². The molecule has 1 saturated heterocycles. The fourth-order valence-corrected chi connectivity index (χ4v) is 4.32. The maximum atomic E-state index is 13.5. The van der Waals surface area contributed by atoms with Crippen molar-refractivity contribution in [1.82, 2.24) is 15.5 Å². The first kappa shape index (κ1) is 21.8. The van der Waals surface area contributed by atoms with Crippen LogP contribution in [0.5, 0.6) is 0 Å². The van der Waals surface area contributed by atoms with Crippen LogP contribution < -0.4 is 16.1 Å². The Bertz CT molecular complexity index is 789. The summed E-state index contributed by atoms with van der Waals surface area (Å²) in [6.45, 7) is 4.48. The Morgan fingerprint density at radius 1 is 1.00 bits per heavy atom. The number of likely N-dealkylation sites (N-methyl/N-ethyl adjacent to an activating group) is 1. The first-order valence-electron chi connectivity index (χ1n) is 10.8. The third kappa shape index (κ3) is 4.63. The van der Waals surface area contributed by atoms with Crippen LogP contribution in [0.25, 0.3) is 0 Å². The SMILES string of the molecule is CCNC(=O)C1/C(=N/Nc2ccccc2)C(=O)N(C2CCCCC2)C1C(=O)NCC. The topological polar surface area (TPSA) is 103 Å². The van der Waals surface area contributed by atoms with Crippen LogP contribution in [-0.2, 0) is 14.4 Å². The number of amides is 3. The van der Waals surface area contributed by atoms with Gasteiger partial charge in [0.05, 0.1) is 5.69 Å². The van der Waals surface area contributed by atoms with Crippen LogP contribution in [0.2, 0.25) is 0 Å². The van der Waals surface area contributed by atoms with E-state index < -0.39 is 12.0 Å². The number of hydrogen-bond donors (Lipinski definition) is 3. The summed E-state index contributed by atoms with van der Waals surface area (Å²) < 4.78 is 0. The Morgan fingerprint density at radius 3 is 2.27 bits per heavy atom. The summed E-state index contributed by atoms with van der Waals surface area (Å²) in [4.78, 5) is 41.1. The molecule has 3 N–H and O–H groups in total. The lowest BCUT2D eigenvalue weighted by molar-refractivity contribution is -0.139. The predicted molar refractivity (Wildman–Crippen MR) is 116 cm³/mol. The van der Waals surface area contributed by atoms with Crippen LogP contribution >= 0.6 is 0 Å². The van der Waals surface area contributed by atoms with E-state index in [0.717, 1.165) is 32.1 Å². The minimum Gasteiger partial charge on any atom is -0.356 e. The van der Waals surface area contributed by atoms with E-state index in [4.69, 9.17) is 0 Å². The van der Waals surface area contributed by atoms with Crippen LogP contribution in [0.3, 0.4) is 0 Å². The van der Waals surface area contributed by atoms with E-state index in [1.54, 1.807) is 4.90 Å². The van der Waals surface area contributed by atoms with E-state index in [1.807, 2.05) is 44.2 Å². The van der Waals surface area contributed by atoms with Gasteiger partial charge in [0.15, 0.2) is 0 Å². The van der Waals surface area contributed by atoms with Gasteiger partial charge in [-0.1, -0.05) is 37.5 Å². The molecule has 3 amide bonds. The minimum atomic E-state index is -0.956. The van der Waals surface area contributed by atoms with Gasteiger partial charge in [-0.25, -0.2) is 0 Å². The second kappa shape index (κ2) is 10.2. The molecule has 3 rings (SSSR count). The number of hydrogen-bond acceptors (Lipinski definition) is 5. The van der Waals surface area contributed by atoms with Crippen LogP contribution in [0.15, 0.2) is 35.4 Å². The molecule has 0 spiro atoms. The number of carbonyl (C=O) groups is 3. The highest BCUT2D eigenvalue weighted by Gasteiger charge is 2.54. The smallest absolute Gasteiger partial charge is 0.271 e. The van der Waals surface area contributed by atoms with Crippen molar-refractivity contribution in [3.05, 3.63) is 30.3 Å². The summed E-state index contributed by atoms with van der Waals surface area (Å²) in [6.07, 6.45) is 4.82. The third-order valence-electron chi connectivity index (χ3n) is 5.66. The van der Waals surface area contributed by atoms with Crippen molar-refractivity contribution in [2.24, 2.45) is 11.0 Å². The summed E-state index contributed by atoms with van der Waals surface area (Å²) >= 11 is 0. The number of carbonyl (C=O) groups excluding carboxylic acids is 3. The first-order chi connectivity index (χ1) is 14.6. The maximum Gasteiger partial charge on any atom is 0.271 e. The number of para-hydroxylation sites is 1. The summed E-state index contributed by atoms with van der Waals surface area (Å²) in [5.74, 6) is -1.95. The molecule has 0 bridgehead atoms. The second-order valence-electron chi connectivity index (χ2n) is 7.69. The number of rotatable bonds is 7. The highest BCUT2D eigenvalue weighted by Crippen LogP contribution is 2.33. The summed E-state index contributed by atoms with van der Waals surface area (Å²) in [7, 11) is 0. The zero-order valence-electron chi connectivity index (χ0n) is 17.7. The van der Waals surface area contributed by atoms with E-state index >= 15 is 0 Å². The minimum absolute atomic E-state index is 0.0554. The number of nitrogens with one attached hydrogen (secondary N) is 3. The fraction of sp³-hybridized carbons (Fsp3) is 0.545. The van der Waals surface area contributed by atoms with Gasteiger partial charge in [-0.05, 0) is 38.8 Å². The fourth-order valence-electron chi connectivity index (χ4n) is 4.32. The van der Waals surface area contributed by atoms with Gasteiger partial charge in [0, 0.05) is 19.1 Å². The maximum absolute atomic E-state index is 13.5. The van der Waals surface area contributed by atoms with Crippen molar-refractivity contribution in [1.29, 1.82) is 0 Å². The van der Waals surface area contributed by atoms with Gasteiger partial charge in [-0.3, -0.25) is 19.8 Å². The summed E-state index contributed by atoms with van der Waals surface area (Å²) in [5, 5.41) is 9.92. The summed E-state index contributed by atoms with van der Waals surface area (Å²) in [6, 6.07) is 8.30. The largest absolute Gasteiger partial charge is 0.356 e. The van der Waals surface area contributed by atoms with Crippen LogP contribution in [0.4, 0.5) is 5.69 Å². The van der Waals surface area contributed by atoms with Crippen molar-refractivity contribution in [3.63, 3.8) is 0 Å². The van der Waals surface area contributed by atoms with Gasteiger partial charge >= 0.3 is 0 Å². The average Bonchev–Trinajstić information content (AvgIpc) is 3.06. The molecule has 2 unspecified atom stereocenters. The van der Waals surface area contributed by atoms with E-state index in [-0.39, 0.29) is 29.5 Å². The predicted octanol–water partition coefficient (Wildman–Crippen LogP) is 1.89. The molecule has 1 heterocycles. The van der Waals surface area contributed by atoms with Crippen molar-refractivity contribution < 1.29 is 14.4 Å². The highest BCUT2D eigenvalue weighted by atomic mass is 16.2. The van der Waals surface area contributed by atoms with Crippen LogP contribution in [0, 0.1) is 5.92 Å². The van der Waals surface area contributed by atoms with Crippen molar-refractivity contribution in [3.8, 4) is 0 Å². The molecule has 1 aromatic carbocycles. The van der Waals surface area contributed by atoms with Crippen LogP contribution in [-0.4, -0.2) is 53.5 Å². The Balaban J connectivity index is 2.00. The van der Waals surface area contributed by atoms with E-state index in [2.05, 4.69) is 21.2 Å². The Hall–Kier alpha value is -2.90. The molecule has 8 heteroatoms. The van der Waals surface area contributed by atoms with Gasteiger partial charge in [-0.2, -0.15) is 5.10 Å². The molecule has 0 aromatic heterocycles. The number of likely N-dealkylation sites (tertiary alicyclic amines) is 1. The van der Waals surface area contributed by atoms with Crippen molar-refractivity contribution >= 4 is 29.1 Å². The lowest BCUT2D eigenvalue weighted by Crippen LogP contribution is -2.54. The summed E-state index contributed by atoms with van der Waals surface area (Å²) in [5.41, 5.74) is 3.68. The van der Waals surface area contributed by atoms with E-state index in [0.29, 0.717) is 18.8 Å². The Morgan fingerprint density at radius 2 is 1.63 bits per heavy atom. The number of anilines is 1. The molecular formula is C22H31N5O3. The Labute approximate surface area is 177 Å². The van der Waals surface area contributed by atoms with Gasteiger partial charge in [0.1, 0.15) is 17.7 Å². The third-order valence-corrected chi connectivity index (χ3v) is 5.66. The number of nitrogens with zero attached hydrogens (tertiary/aromatic N) is 2. The second-order valence-corrected chi connectivity index (χ2v) is 7.69. The van der Waals surface area contributed by atoms with Gasteiger partial charge in [0.25, 0.3) is 5.91 Å². The zero-order chi connectivity index (χ0) is 21.5. The molecular weight excluding hydrogens is 382 g/mol. The molecule has 1 aliphatic heterocycles. The number of benzene rings is 1. The molecule has 1 saturated carbocycles. The van der Waals surface area contributed by atoms with Crippen molar-refractivity contribution in [2.75, 3.05) is 18.5 Å². The van der Waals surface area contributed by atoms with Crippen LogP contribution in [0.1, 0.15) is 46.0 Å². The average molecular weight is 414 g/mol. The molecule has 162 valence electrons. The van der Waals surface area contributed by atoms with Gasteiger partial charge < -0.3 is 15.5 Å². The molecule has 8 nitrogen and oxygen atoms in total. The highest BCUT2D eigenvalue weighted by molar-refractivity contribution is 6.46. The quantitative estimate of drug-likeness (QED) is 0.594. The van der Waals surface area contributed by atoms with E-state index in [1.165, 1.54) is 0 Å². The molecule has 1 aromatic rings. The normalized spacial score (nSPS) is 23.5. The zero-order valence-corrected chi connectivity index (χ0v) is 17.7. The van der Waals surface area contributed by atoms with Gasteiger partial charge in [0.2, 0.25) is 11.8 Å². The van der Waals surface area contributed by atoms with E-state index in [9.17, 15) is 14.4 Å². The first-order valence-corrected chi connectivity index (χ1v) is 10.8. The molecule has 1 aliphatic carbocycles. The molecule has 2 fully saturated rings. The van der Waals surface area contributed by atoms with Crippen molar-refractivity contribution in [2.45, 2.75) is 58.0 Å². The standard InChI is InChI=1S/C22H31N5O3/c1-3-23-20(28)17-18(26-25-15-11-7-5-8-12-15)22(30)27(16-13-9-6-10-14-16)19(17)21(29)24-4-2/h5,7-8,11-12,16-17,19,25H,3-4,6,9-10,13-14H2,1-2H3,(H,23,28)(H,24,29)/b26-18-. The molecule has 2 atom stereocenters.